The highest BCUT2D eigenvalue weighted by atomic mass is 31.2. The van der Waals surface area contributed by atoms with Gasteiger partial charge in [0.1, 0.15) is 0 Å². The summed E-state index contributed by atoms with van der Waals surface area (Å²) in [6, 6.07) is 0. The second-order valence-corrected chi connectivity index (χ2v) is 6.80. The maximum atomic E-state index is 12.3. The molecule has 0 amide bonds. The lowest BCUT2D eigenvalue weighted by molar-refractivity contribution is 0.166. The minimum absolute atomic E-state index is 0.279. The third kappa shape index (κ3) is 5.09. The van der Waals surface area contributed by atoms with Crippen molar-refractivity contribution < 1.29 is 18.7 Å². The Bertz CT molecular complexity index is 239. The Hall–Kier alpha value is 0.110. The van der Waals surface area contributed by atoms with E-state index < -0.39 is 7.60 Å². The zero-order valence-electron chi connectivity index (χ0n) is 10.9. The van der Waals surface area contributed by atoms with Crippen LogP contribution >= 0.6 is 7.60 Å². The Morgan fingerprint density at radius 1 is 1.06 bits per heavy atom. The first kappa shape index (κ1) is 15.2. The van der Waals surface area contributed by atoms with Crippen molar-refractivity contribution in [3.05, 3.63) is 0 Å². The Morgan fingerprint density at radius 3 is 1.94 bits per heavy atom. The molecule has 0 aliphatic heterocycles. The monoisotopic (exact) mass is 264 g/mol. The van der Waals surface area contributed by atoms with Crippen molar-refractivity contribution in [2.45, 2.75) is 39.5 Å². The van der Waals surface area contributed by atoms with Crippen LogP contribution in [0.2, 0.25) is 0 Å². The van der Waals surface area contributed by atoms with Crippen LogP contribution in [0, 0.1) is 11.8 Å². The molecule has 0 radical (unpaired) electrons. The number of hydrogen-bond donors (Lipinski definition) is 1. The summed E-state index contributed by atoms with van der Waals surface area (Å²) < 4.78 is 23.0. The third-order valence-electron chi connectivity index (χ3n) is 3.36. The minimum atomic E-state index is -2.88. The van der Waals surface area contributed by atoms with Crippen molar-refractivity contribution in [3.63, 3.8) is 0 Å². The summed E-state index contributed by atoms with van der Waals surface area (Å²) in [5.74, 6) is 0.853. The van der Waals surface area contributed by atoms with Crippen molar-refractivity contribution >= 4 is 7.60 Å². The maximum absolute atomic E-state index is 12.3. The van der Waals surface area contributed by atoms with Gasteiger partial charge in [0.15, 0.2) is 0 Å². The molecule has 1 rings (SSSR count). The molecule has 0 unspecified atom stereocenters. The van der Waals surface area contributed by atoms with E-state index in [-0.39, 0.29) is 6.61 Å². The summed E-state index contributed by atoms with van der Waals surface area (Å²) >= 11 is 0. The van der Waals surface area contributed by atoms with Crippen LogP contribution in [-0.4, -0.2) is 31.1 Å². The van der Waals surface area contributed by atoms with Crippen molar-refractivity contribution in [2.24, 2.45) is 11.8 Å². The van der Waals surface area contributed by atoms with Gasteiger partial charge in [-0.15, -0.1) is 0 Å². The SMILES string of the molecule is CCOP(=O)(CC1CCC(CO)CC1)OCC. The summed E-state index contributed by atoms with van der Waals surface area (Å²) in [6.07, 6.45) is 4.64. The fraction of sp³-hybridized carbons (Fsp3) is 1.00. The smallest absolute Gasteiger partial charge is 0.330 e. The van der Waals surface area contributed by atoms with Crippen molar-refractivity contribution in [3.8, 4) is 0 Å². The van der Waals surface area contributed by atoms with Gasteiger partial charge in [0.25, 0.3) is 0 Å². The zero-order valence-corrected chi connectivity index (χ0v) is 11.8. The van der Waals surface area contributed by atoms with Gasteiger partial charge in [0.05, 0.1) is 19.4 Å². The molecule has 0 aromatic heterocycles. The van der Waals surface area contributed by atoms with E-state index in [2.05, 4.69) is 0 Å². The quantitative estimate of drug-likeness (QED) is 0.718. The second-order valence-electron chi connectivity index (χ2n) is 4.70. The third-order valence-corrected chi connectivity index (χ3v) is 5.62. The van der Waals surface area contributed by atoms with E-state index in [1.165, 1.54) is 0 Å². The molecule has 0 heterocycles. The molecule has 0 aromatic carbocycles. The van der Waals surface area contributed by atoms with Crippen LogP contribution in [0.4, 0.5) is 0 Å². The van der Waals surface area contributed by atoms with Gasteiger partial charge in [-0.1, -0.05) is 0 Å². The maximum Gasteiger partial charge on any atom is 0.330 e. The van der Waals surface area contributed by atoms with Crippen LogP contribution in [0.25, 0.3) is 0 Å². The number of rotatable bonds is 7. The van der Waals surface area contributed by atoms with E-state index in [0.29, 0.717) is 31.2 Å². The van der Waals surface area contributed by atoms with Gasteiger partial charge in [-0.2, -0.15) is 0 Å². The molecule has 0 spiro atoms. The van der Waals surface area contributed by atoms with Crippen molar-refractivity contribution in [1.82, 2.24) is 0 Å². The minimum Gasteiger partial charge on any atom is -0.396 e. The summed E-state index contributed by atoms with van der Waals surface area (Å²) in [4.78, 5) is 0. The Morgan fingerprint density at radius 2 is 1.53 bits per heavy atom. The number of hydrogen-bond acceptors (Lipinski definition) is 4. The average molecular weight is 264 g/mol. The largest absolute Gasteiger partial charge is 0.396 e. The predicted molar refractivity (Wildman–Crippen MR) is 68.3 cm³/mol. The summed E-state index contributed by atoms with van der Waals surface area (Å²) in [7, 11) is -2.88. The van der Waals surface area contributed by atoms with Crippen LogP contribution in [-0.2, 0) is 13.6 Å². The topological polar surface area (TPSA) is 55.8 Å². The van der Waals surface area contributed by atoms with E-state index in [9.17, 15) is 4.57 Å². The number of aliphatic hydroxyl groups is 1. The molecule has 1 aliphatic carbocycles. The first-order valence-electron chi connectivity index (χ1n) is 6.62. The first-order valence-corrected chi connectivity index (χ1v) is 8.35. The molecule has 0 bridgehead atoms. The van der Waals surface area contributed by atoms with E-state index in [4.69, 9.17) is 14.2 Å². The van der Waals surface area contributed by atoms with Crippen LogP contribution < -0.4 is 0 Å². The van der Waals surface area contributed by atoms with E-state index >= 15 is 0 Å². The van der Waals surface area contributed by atoms with Crippen LogP contribution in [0.15, 0.2) is 0 Å². The molecule has 102 valence electrons. The van der Waals surface area contributed by atoms with Gasteiger partial charge >= 0.3 is 7.60 Å². The van der Waals surface area contributed by atoms with E-state index in [1.807, 2.05) is 13.8 Å². The summed E-state index contributed by atoms with van der Waals surface area (Å²) in [6.45, 7) is 4.83. The predicted octanol–water partition coefficient (Wildman–Crippen LogP) is 3.05. The first-order chi connectivity index (χ1) is 8.13. The van der Waals surface area contributed by atoms with Crippen LogP contribution in [0.3, 0.4) is 0 Å². The van der Waals surface area contributed by atoms with Gasteiger partial charge < -0.3 is 14.2 Å². The fourth-order valence-electron chi connectivity index (χ4n) is 2.45. The lowest BCUT2D eigenvalue weighted by atomic mass is 9.83. The molecule has 0 aromatic rings. The molecule has 1 aliphatic rings. The molecule has 1 N–H and O–H groups in total. The van der Waals surface area contributed by atoms with E-state index in [1.54, 1.807) is 0 Å². The zero-order chi connectivity index (χ0) is 12.7. The highest BCUT2D eigenvalue weighted by Crippen LogP contribution is 2.51. The van der Waals surface area contributed by atoms with Crippen molar-refractivity contribution in [2.75, 3.05) is 26.0 Å². The molecule has 1 fully saturated rings. The number of aliphatic hydroxyl groups excluding tert-OH is 1. The van der Waals surface area contributed by atoms with Crippen LogP contribution in [0.5, 0.6) is 0 Å². The summed E-state index contributed by atoms with van der Waals surface area (Å²) in [5, 5.41) is 9.07. The van der Waals surface area contributed by atoms with Gasteiger partial charge in [-0.3, -0.25) is 4.57 Å². The molecule has 1 saturated carbocycles. The molecule has 0 saturated heterocycles. The average Bonchev–Trinajstić information content (AvgIpc) is 2.30. The van der Waals surface area contributed by atoms with Gasteiger partial charge in [0.2, 0.25) is 0 Å². The Balaban J connectivity index is 2.43. The molecule has 17 heavy (non-hydrogen) atoms. The van der Waals surface area contributed by atoms with Gasteiger partial charge in [0, 0.05) is 6.61 Å². The van der Waals surface area contributed by atoms with Crippen molar-refractivity contribution in [1.29, 1.82) is 0 Å². The highest BCUT2D eigenvalue weighted by molar-refractivity contribution is 7.53. The van der Waals surface area contributed by atoms with Gasteiger partial charge in [-0.05, 0) is 51.4 Å². The van der Waals surface area contributed by atoms with Crippen LogP contribution in [0.1, 0.15) is 39.5 Å². The highest BCUT2D eigenvalue weighted by Gasteiger charge is 2.31. The molecular weight excluding hydrogens is 239 g/mol. The summed E-state index contributed by atoms with van der Waals surface area (Å²) in [5.41, 5.74) is 0. The normalized spacial score (nSPS) is 26.1. The molecule has 4 nitrogen and oxygen atoms in total. The Kier molecular flexibility index (Phi) is 6.71. The molecular formula is C12H25O4P. The molecule has 5 heteroatoms. The second kappa shape index (κ2) is 7.52. The lowest BCUT2D eigenvalue weighted by Crippen LogP contribution is -2.20. The lowest BCUT2D eigenvalue weighted by Gasteiger charge is -2.29. The Labute approximate surface area is 104 Å². The van der Waals surface area contributed by atoms with E-state index in [0.717, 1.165) is 25.7 Å². The standard InChI is InChI=1S/C12H25O4P/c1-3-15-17(14,16-4-2)10-12-7-5-11(9-13)6-8-12/h11-13H,3-10H2,1-2H3. The molecule has 0 atom stereocenters. The van der Waals surface area contributed by atoms with Gasteiger partial charge in [-0.25, -0.2) is 0 Å². The fourth-order valence-corrected chi connectivity index (χ4v) is 4.52.